The molecule has 0 spiro atoms. The van der Waals surface area contributed by atoms with Crippen molar-refractivity contribution in [3.05, 3.63) is 35.9 Å². The van der Waals surface area contributed by atoms with Gasteiger partial charge in [-0.25, -0.2) is 4.79 Å². The molecule has 1 N–H and O–H groups in total. The summed E-state index contributed by atoms with van der Waals surface area (Å²) in [5.74, 6) is 0.806. The molecule has 1 saturated heterocycles. The number of nitrogens with zero attached hydrogens (tertiary/aromatic N) is 1. The molecule has 0 aliphatic carbocycles. The number of urea groups is 1. The van der Waals surface area contributed by atoms with Crippen LogP contribution in [0.4, 0.5) is 4.79 Å². The minimum Gasteiger partial charge on any atom is -0.333 e. The van der Waals surface area contributed by atoms with Crippen molar-refractivity contribution in [1.82, 2.24) is 10.2 Å². The molecule has 144 valence electrons. The molecule has 0 saturated carbocycles. The Morgan fingerprint density at radius 2 is 1.96 bits per heavy atom. The number of thioether (sulfide) groups is 1. The van der Waals surface area contributed by atoms with Crippen LogP contribution < -0.4 is 5.32 Å². The highest BCUT2D eigenvalue weighted by molar-refractivity contribution is 8.13. The van der Waals surface area contributed by atoms with E-state index in [1.165, 1.54) is 17.3 Å². The minimum absolute atomic E-state index is 0.0974. The SMILES string of the molecule is CCC(C)(C)NC(=O)N1CCCCC1C(=O)SCCCc1ccccc1. The normalized spacial score (nSPS) is 17.8. The summed E-state index contributed by atoms with van der Waals surface area (Å²) < 4.78 is 0. The van der Waals surface area contributed by atoms with Gasteiger partial charge in [0.1, 0.15) is 6.04 Å². The van der Waals surface area contributed by atoms with Gasteiger partial charge in [-0.3, -0.25) is 4.79 Å². The van der Waals surface area contributed by atoms with Gasteiger partial charge in [-0.1, -0.05) is 49.0 Å². The topological polar surface area (TPSA) is 49.4 Å². The van der Waals surface area contributed by atoms with Crippen LogP contribution in [0.25, 0.3) is 0 Å². The Morgan fingerprint density at radius 1 is 1.23 bits per heavy atom. The first-order chi connectivity index (χ1) is 12.4. The van der Waals surface area contributed by atoms with Gasteiger partial charge in [0.2, 0.25) is 5.12 Å². The predicted octanol–water partition coefficient (Wildman–Crippen LogP) is 4.63. The fourth-order valence-electron chi connectivity index (χ4n) is 3.06. The van der Waals surface area contributed by atoms with Crippen molar-refractivity contribution >= 4 is 22.9 Å². The van der Waals surface area contributed by atoms with Gasteiger partial charge in [-0.2, -0.15) is 0 Å². The lowest BCUT2D eigenvalue weighted by Crippen LogP contribution is -2.55. The number of amides is 2. The number of rotatable bonds is 7. The molecular formula is C21H32N2O2S. The zero-order valence-electron chi connectivity index (χ0n) is 16.3. The van der Waals surface area contributed by atoms with Crippen LogP contribution >= 0.6 is 11.8 Å². The van der Waals surface area contributed by atoms with Gasteiger partial charge in [0, 0.05) is 17.8 Å². The lowest BCUT2D eigenvalue weighted by molar-refractivity contribution is -0.115. The third-order valence-corrected chi connectivity index (χ3v) is 6.11. The molecule has 1 aromatic rings. The number of carbonyl (C=O) groups is 2. The molecule has 1 atom stereocenters. The second-order valence-electron chi connectivity index (χ2n) is 7.63. The predicted molar refractivity (Wildman–Crippen MR) is 109 cm³/mol. The van der Waals surface area contributed by atoms with Crippen molar-refractivity contribution in [2.24, 2.45) is 0 Å². The molecule has 1 aromatic carbocycles. The van der Waals surface area contributed by atoms with E-state index in [0.717, 1.165) is 44.3 Å². The zero-order valence-corrected chi connectivity index (χ0v) is 17.1. The second kappa shape index (κ2) is 10.0. The van der Waals surface area contributed by atoms with Crippen LogP contribution in [0.5, 0.6) is 0 Å². The summed E-state index contributed by atoms with van der Waals surface area (Å²) in [6.45, 7) is 6.77. The van der Waals surface area contributed by atoms with E-state index >= 15 is 0 Å². The molecule has 2 amide bonds. The van der Waals surface area contributed by atoms with Gasteiger partial charge in [0.15, 0.2) is 0 Å². The standard InChI is InChI=1S/C21H32N2O2S/c1-4-21(2,3)22-20(25)23-15-9-8-14-18(23)19(24)26-16-10-13-17-11-6-5-7-12-17/h5-7,11-12,18H,4,8-10,13-16H2,1-3H3,(H,22,25). The van der Waals surface area contributed by atoms with Crippen LogP contribution in [0, 0.1) is 0 Å². The van der Waals surface area contributed by atoms with E-state index in [4.69, 9.17) is 0 Å². The fraction of sp³-hybridized carbons (Fsp3) is 0.619. The second-order valence-corrected chi connectivity index (χ2v) is 8.73. The summed E-state index contributed by atoms with van der Waals surface area (Å²) in [5, 5.41) is 3.22. The van der Waals surface area contributed by atoms with Crippen molar-refractivity contribution in [2.75, 3.05) is 12.3 Å². The van der Waals surface area contributed by atoms with E-state index in [1.54, 1.807) is 4.90 Å². The van der Waals surface area contributed by atoms with Crippen LogP contribution in [0.3, 0.4) is 0 Å². The van der Waals surface area contributed by atoms with Gasteiger partial charge in [0.05, 0.1) is 0 Å². The monoisotopic (exact) mass is 376 g/mol. The third kappa shape index (κ3) is 6.35. The molecule has 5 heteroatoms. The maximum Gasteiger partial charge on any atom is 0.318 e. The molecular weight excluding hydrogens is 344 g/mol. The van der Waals surface area contributed by atoms with Crippen molar-refractivity contribution in [3.63, 3.8) is 0 Å². The van der Waals surface area contributed by atoms with Gasteiger partial charge in [-0.05, 0) is 57.9 Å². The molecule has 0 radical (unpaired) electrons. The molecule has 26 heavy (non-hydrogen) atoms. The molecule has 2 rings (SSSR count). The lowest BCUT2D eigenvalue weighted by atomic mass is 10.0. The number of hydrogen-bond acceptors (Lipinski definition) is 3. The van der Waals surface area contributed by atoms with Gasteiger partial charge >= 0.3 is 6.03 Å². The van der Waals surface area contributed by atoms with Crippen LogP contribution in [-0.2, 0) is 11.2 Å². The van der Waals surface area contributed by atoms with Crippen molar-refractivity contribution in [1.29, 1.82) is 0 Å². The summed E-state index contributed by atoms with van der Waals surface area (Å²) in [6.07, 6.45) is 5.59. The van der Waals surface area contributed by atoms with E-state index in [0.29, 0.717) is 6.54 Å². The summed E-state index contributed by atoms with van der Waals surface area (Å²) in [6, 6.07) is 9.97. The maximum atomic E-state index is 12.7. The Labute approximate surface area is 162 Å². The Morgan fingerprint density at radius 3 is 2.65 bits per heavy atom. The largest absolute Gasteiger partial charge is 0.333 e. The molecule has 1 fully saturated rings. The maximum absolute atomic E-state index is 12.7. The van der Waals surface area contributed by atoms with Gasteiger partial charge < -0.3 is 10.2 Å². The Balaban J connectivity index is 1.83. The summed E-state index contributed by atoms with van der Waals surface area (Å²) >= 11 is 1.39. The summed E-state index contributed by atoms with van der Waals surface area (Å²) in [7, 11) is 0. The molecule has 0 bridgehead atoms. The van der Waals surface area contributed by atoms with Crippen molar-refractivity contribution in [3.8, 4) is 0 Å². The number of aryl methyl sites for hydroxylation is 1. The van der Waals surface area contributed by atoms with Crippen molar-refractivity contribution in [2.45, 2.75) is 70.9 Å². The van der Waals surface area contributed by atoms with Crippen LogP contribution in [-0.4, -0.2) is 39.9 Å². The third-order valence-electron chi connectivity index (χ3n) is 5.06. The average Bonchev–Trinajstić information content (AvgIpc) is 2.65. The molecule has 0 aromatic heterocycles. The van der Waals surface area contributed by atoms with Gasteiger partial charge in [-0.15, -0.1) is 0 Å². The highest BCUT2D eigenvalue weighted by Gasteiger charge is 2.33. The van der Waals surface area contributed by atoms with Crippen molar-refractivity contribution < 1.29 is 9.59 Å². The number of nitrogens with one attached hydrogen (secondary N) is 1. The number of hydrogen-bond donors (Lipinski definition) is 1. The molecule has 4 nitrogen and oxygen atoms in total. The Hall–Kier alpha value is -1.49. The van der Waals surface area contributed by atoms with E-state index in [9.17, 15) is 9.59 Å². The number of piperidine rings is 1. The summed E-state index contributed by atoms with van der Waals surface area (Å²) in [5.41, 5.74) is 1.06. The first kappa shape index (κ1) is 20.8. The molecule has 1 aliphatic rings. The first-order valence-corrected chi connectivity index (χ1v) is 10.7. The quantitative estimate of drug-likeness (QED) is 0.706. The zero-order chi connectivity index (χ0) is 19.0. The number of benzene rings is 1. The fourth-order valence-corrected chi connectivity index (χ4v) is 3.99. The molecule has 1 aliphatic heterocycles. The molecule has 1 unspecified atom stereocenters. The van der Waals surface area contributed by atoms with E-state index in [2.05, 4.69) is 24.4 Å². The smallest absolute Gasteiger partial charge is 0.318 e. The number of likely N-dealkylation sites (tertiary alicyclic amines) is 1. The average molecular weight is 377 g/mol. The number of carbonyl (C=O) groups excluding carboxylic acids is 2. The molecule has 1 heterocycles. The first-order valence-electron chi connectivity index (χ1n) is 9.72. The van der Waals surface area contributed by atoms with Crippen LogP contribution in [0.2, 0.25) is 0 Å². The van der Waals surface area contributed by atoms with Gasteiger partial charge in [0.25, 0.3) is 0 Å². The minimum atomic E-state index is -0.280. The lowest BCUT2D eigenvalue weighted by Gasteiger charge is -2.37. The summed E-state index contributed by atoms with van der Waals surface area (Å²) in [4.78, 5) is 27.1. The highest BCUT2D eigenvalue weighted by Crippen LogP contribution is 2.23. The Kier molecular flexibility index (Phi) is 8.01. The van der Waals surface area contributed by atoms with E-state index < -0.39 is 0 Å². The Bertz CT molecular complexity index is 589. The van der Waals surface area contributed by atoms with Crippen LogP contribution in [0.15, 0.2) is 30.3 Å². The van der Waals surface area contributed by atoms with E-state index in [1.807, 2.05) is 32.0 Å². The highest BCUT2D eigenvalue weighted by atomic mass is 32.2. The van der Waals surface area contributed by atoms with Crippen LogP contribution in [0.1, 0.15) is 58.4 Å². The van der Waals surface area contributed by atoms with E-state index in [-0.39, 0.29) is 22.7 Å².